The summed E-state index contributed by atoms with van der Waals surface area (Å²) in [4.78, 5) is 7.92. The Labute approximate surface area is 131 Å². The Balaban J connectivity index is 2.10. The van der Waals surface area contributed by atoms with Crippen LogP contribution in [-0.4, -0.2) is 18.1 Å². The first kappa shape index (κ1) is 16.0. The van der Waals surface area contributed by atoms with Crippen LogP contribution in [0, 0.1) is 13.8 Å². The predicted octanol–water partition coefficient (Wildman–Crippen LogP) is 3.68. The normalized spacial score (nSPS) is 12.4. The zero-order valence-electron chi connectivity index (χ0n) is 13.4. The van der Waals surface area contributed by atoms with Crippen LogP contribution < -0.4 is 10.6 Å². The molecule has 0 aliphatic rings. The number of nitrogens with zero attached hydrogens (tertiary/aromatic N) is 2. The van der Waals surface area contributed by atoms with Crippen molar-refractivity contribution in [1.82, 2.24) is 4.98 Å². The number of aromatic nitrogens is 1. The second-order valence-corrected chi connectivity index (χ2v) is 6.64. The molecule has 1 unspecified atom stereocenters. The second-order valence-electron chi connectivity index (χ2n) is 5.70. The molecule has 1 aromatic heterocycles. The van der Waals surface area contributed by atoms with E-state index in [0.29, 0.717) is 0 Å². The lowest BCUT2D eigenvalue weighted by atomic mass is 9.99. The number of benzene rings is 1. The third-order valence-corrected chi connectivity index (χ3v) is 4.92. The molecule has 0 aliphatic carbocycles. The number of hydrogen-bond donors (Lipinski definition) is 1. The highest BCUT2D eigenvalue weighted by Crippen LogP contribution is 2.23. The van der Waals surface area contributed by atoms with Crippen molar-refractivity contribution in [2.75, 3.05) is 11.9 Å². The van der Waals surface area contributed by atoms with E-state index in [4.69, 9.17) is 5.73 Å². The molecule has 2 N–H and O–H groups in total. The molecule has 0 aliphatic heterocycles. The van der Waals surface area contributed by atoms with Crippen molar-refractivity contribution in [2.45, 2.75) is 46.2 Å². The zero-order chi connectivity index (χ0) is 15.4. The van der Waals surface area contributed by atoms with Crippen LogP contribution in [0.4, 0.5) is 5.69 Å². The third kappa shape index (κ3) is 4.05. The van der Waals surface area contributed by atoms with Crippen LogP contribution in [0.15, 0.2) is 23.7 Å². The number of aryl methyl sites for hydroxylation is 2. The molecule has 0 amide bonds. The van der Waals surface area contributed by atoms with Gasteiger partial charge in [-0.05, 0) is 49.9 Å². The molecule has 3 nitrogen and oxygen atoms in total. The van der Waals surface area contributed by atoms with E-state index in [1.165, 1.54) is 21.7 Å². The van der Waals surface area contributed by atoms with E-state index in [0.717, 1.165) is 25.1 Å². The van der Waals surface area contributed by atoms with Gasteiger partial charge in [-0.25, -0.2) is 4.98 Å². The van der Waals surface area contributed by atoms with E-state index in [1.807, 2.05) is 5.51 Å². The van der Waals surface area contributed by atoms with Gasteiger partial charge in [0, 0.05) is 23.7 Å². The monoisotopic (exact) mass is 303 g/mol. The van der Waals surface area contributed by atoms with Crippen molar-refractivity contribution >= 4 is 17.0 Å². The first-order valence-electron chi connectivity index (χ1n) is 7.46. The molecular weight excluding hydrogens is 278 g/mol. The van der Waals surface area contributed by atoms with Crippen LogP contribution >= 0.6 is 11.3 Å². The molecule has 2 rings (SSSR count). The first-order valence-corrected chi connectivity index (χ1v) is 8.34. The van der Waals surface area contributed by atoms with Crippen LogP contribution in [0.5, 0.6) is 0 Å². The topological polar surface area (TPSA) is 42.1 Å². The van der Waals surface area contributed by atoms with Gasteiger partial charge in [0.1, 0.15) is 0 Å². The van der Waals surface area contributed by atoms with Crippen LogP contribution in [-0.2, 0) is 13.0 Å². The van der Waals surface area contributed by atoms with Gasteiger partial charge in [-0.15, -0.1) is 11.3 Å². The van der Waals surface area contributed by atoms with Gasteiger partial charge in [-0.2, -0.15) is 0 Å². The molecule has 21 heavy (non-hydrogen) atoms. The number of thiazole rings is 1. The fraction of sp³-hybridized carbons (Fsp3) is 0.471. The molecule has 114 valence electrons. The summed E-state index contributed by atoms with van der Waals surface area (Å²) in [5.41, 5.74) is 13.0. The smallest absolute Gasteiger partial charge is 0.0798 e. The molecule has 1 heterocycles. The Morgan fingerprint density at radius 1 is 1.33 bits per heavy atom. The molecule has 2 aromatic rings. The molecule has 1 aromatic carbocycles. The van der Waals surface area contributed by atoms with E-state index >= 15 is 0 Å². The van der Waals surface area contributed by atoms with E-state index in [9.17, 15) is 0 Å². The second kappa shape index (κ2) is 7.05. The fourth-order valence-electron chi connectivity index (χ4n) is 2.36. The number of hydrogen-bond acceptors (Lipinski definition) is 4. The summed E-state index contributed by atoms with van der Waals surface area (Å²) in [6, 6.07) is 6.93. The maximum atomic E-state index is 6.06. The van der Waals surface area contributed by atoms with Crippen molar-refractivity contribution in [1.29, 1.82) is 0 Å². The highest BCUT2D eigenvalue weighted by molar-refractivity contribution is 7.09. The SMILES string of the molecule is CCC(N)Cc1ccc(N(C)Cc2scnc2C)cc1C. The van der Waals surface area contributed by atoms with Gasteiger partial charge in [0.15, 0.2) is 0 Å². The Bertz CT molecular complexity index is 591. The third-order valence-electron chi connectivity index (χ3n) is 4.00. The van der Waals surface area contributed by atoms with Gasteiger partial charge < -0.3 is 10.6 Å². The Morgan fingerprint density at radius 3 is 2.67 bits per heavy atom. The number of rotatable bonds is 6. The maximum absolute atomic E-state index is 6.06. The zero-order valence-corrected chi connectivity index (χ0v) is 14.2. The van der Waals surface area contributed by atoms with Gasteiger partial charge in [0.25, 0.3) is 0 Å². The van der Waals surface area contributed by atoms with E-state index in [1.54, 1.807) is 11.3 Å². The number of anilines is 1. The van der Waals surface area contributed by atoms with Crippen molar-refractivity contribution in [3.05, 3.63) is 45.4 Å². The number of nitrogens with two attached hydrogens (primary N) is 1. The van der Waals surface area contributed by atoms with Gasteiger partial charge in [0.05, 0.1) is 17.7 Å². The minimum Gasteiger partial charge on any atom is -0.369 e. The molecule has 0 fully saturated rings. The molecule has 0 spiro atoms. The standard InChI is InChI=1S/C17H25N3S/c1-5-15(18)9-14-6-7-16(8-12(14)2)20(4)10-17-13(3)19-11-21-17/h6-8,11,15H,5,9-10,18H2,1-4H3. The van der Waals surface area contributed by atoms with Crippen LogP contribution in [0.3, 0.4) is 0 Å². The van der Waals surface area contributed by atoms with Crippen molar-refractivity contribution in [3.63, 3.8) is 0 Å². The summed E-state index contributed by atoms with van der Waals surface area (Å²) in [5.74, 6) is 0. The average molecular weight is 303 g/mol. The fourth-order valence-corrected chi connectivity index (χ4v) is 3.19. The van der Waals surface area contributed by atoms with Crippen molar-refractivity contribution in [3.8, 4) is 0 Å². The molecule has 1 atom stereocenters. The minimum atomic E-state index is 0.257. The molecule has 0 saturated carbocycles. The predicted molar refractivity (Wildman–Crippen MR) is 92.1 cm³/mol. The highest BCUT2D eigenvalue weighted by Gasteiger charge is 2.09. The van der Waals surface area contributed by atoms with Gasteiger partial charge in [-0.1, -0.05) is 13.0 Å². The summed E-state index contributed by atoms with van der Waals surface area (Å²) >= 11 is 1.72. The van der Waals surface area contributed by atoms with Crippen molar-refractivity contribution in [2.24, 2.45) is 5.73 Å². The van der Waals surface area contributed by atoms with E-state index in [-0.39, 0.29) is 6.04 Å². The largest absolute Gasteiger partial charge is 0.369 e. The molecule has 0 saturated heterocycles. The van der Waals surface area contributed by atoms with Gasteiger partial charge in [-0.3, -0.25) is 0 Å². The van der Waals surface area contributed by atoms with Gasteiger partial charge in [0.2, 0.25) is 0 Å². The molecular formula is C17H25N3S. The van der Waals surface area contributed by atoms with Crippen LogP contribution in [0.2, 0.25) is 0 Å². The molecule has 0 bridgehead atoms. The molecule has 4 heteroatoms. The summed E-state index contributed by atoms with van der Waals surface area (Å²) in [6.45, 7) is 7.29. The highest BCUT2D eigenvalue weighted by atomic mass is 32.1. The quantitative estimate of drug-likeness (QED) is 0.885. The summed E-state index contributed by atoms with van der Waals surface area (Å²) < 4.78 is 0. The lowest BCUT2D eigenvalue weighted by molar-refractivity contribution is 0.644. The van der Waals surface area contributed by atoms with E-state index in [2.05, 4.69) is 55.9 Å². The van der Waals surface area contributed by atoms with Crippen molar-refractivity contribution < 1.29 is 0 Å². The first-order chi connectivity index (χ1) is 10.0. The van der Waals surface area contributed by atoms with Crippen LogP contribution in [0.1, 0.15) is 35.0 Å². The summed E-state index contributed by atoms with van der Waals surface area (Å²) in [7, 11) is 2.13. The molecule has 0 radical (unpaired) electrons. The minimum absolute atomic E-state index is 0.257. The average Bonchev–Trinajstić information content (AvgIpc) is 2.86. The Hall–Kier alpha value is -1.39. The Kier molecular flexibility index (Phi) is 5.37. The lowest BCUT2D eigenvalue weighted by Crippen LogP contribution is -2.22. The van der Waals surface area contributed by atoms with E-state index < -0.39 is 0 Å². The Morgan fingerprint density at radius 2 is 2.10 bits per heavy atom. The van der Waals surface area contributed by atoms with Gasteiger partial charge >= 0.3 is 0 Å². The van der Waals surface area contributed by atoms with Crippen LogP contribution in [0.25, 0.3) is 0 Å². The summed E-state index contributed by atoms with van der Waals surface area (Å²) in [5, 5.41) is 0. The maximum Gasteiger partial charge on any atom is 0.0798 e. The lowest BCUT2D eigenvalue weighted by Gasteiger charge is -2.21. The summed E-state index contributed by atoms with van der Waals surface area (Å²) in [6.07, 6.45) is 1.98.